The van der Waals surface area contributed by atoms with Crippen LogP contribution in [0.4, 0.5) is 0 Å². The van der Waals surface area contributed by atoms with Gasteiger partial charge in [-0.3, -0.25) is 4.89 Å². The molecule has 0 N–H and O–H groups in total. The molecule has 0 heterocycles. The van der Waals surface area contributed by atoms with Gasteiger partial charge in [0.2, 0.25) is 0 Å². The molecule has 0 aromatic heterocycles. The number of carbonyl (C=O) groups is 1. The van der Waals surface area contributed by atoms with Crippen LogP contribution in [0, 0.1) is 20.8 Å². The van der Waals surface area contributed by atoms with Gasteiger partial charge < -0.3 is 0 Å². The van der Waals surface area contributed by atoms with Crippen LogP contribution in [0.15, 0.2) is 18.2 Å². The van der Waals surface area contributed by atoms with Crippen molar-refractivity contribution in [3.8, 4) is 0 Å². The second-order valence-electron chi connectivity index (χ2n) is 4.13. The molecule has 0 aliphatic carbocycles. The van der Waals surface area contributed by atoms with Gasteiger partial charge in [0.05, 0.1) is 12.2 Å². The zero-order valence-electron chi connectivity index (χ0n) is 10.5. The van der Waals surface area contributed by atoms with E-state index in [0.29, 0.717) is 12.2 Å². The zero-order chi connectivity index (χ0) is 12.7. The van der Waals surface area contributed by atoms with E-state index in [-0.39, 0.29) is 0 Å². The van der Waals surface area contributed by atoms with Crippen LogP contribution in [-0.4, -0.2) is 12.6 Å². The van der Waals surface area contributed by atoms with Crippen molar-refractivity contribution in [3.63, 3.8) is 0 Å². The maximum absolute atomic E-state index is 11.6. The van der Waals surface area contributed by atoms with Gasteiger partial charge in [-0.2, -0.15) is 4.89 Å². The first kappa shape index (κ1) is 13.7. The summed E-state index contributed by atoms with van der Waals surface area (Å²) in [5.74, 6) is -0.438. The largest absolute Gasteiger partial charge is 0.373 e. The van der Waals surface area contributed by atoms with Crippen LogP contribution >= 0.6 is 0 Å². The lowest BCUT2D eigenvalue weighted by Gasteiger charge is -2.05. The van der Waals surface area contributed by atoms with Gasteiger partial charge >= 0.3 is 5.97 Å². The van der Waals surface area contributed by atoms with E-state index >= 15 is 0 Å². The second kappa shape index (κ2) is 7.07. The van der Waals surface area contributed by atoms with E-state index in [2.05, 4.69) is 6.92 Å². The van der Waals surface area contributed by atoms with Crippen molar-refractivity contribution in [1.82, 2.24) is 0 Å². The Morgan fingerprint density at radius 1 is 1.18 bits per heavy atom. The first-order valence-electron chi connectivity index (χ1n) is 5.85. The summed E-state index contributed by atoms with van der Waals surface area (Å²) in [5, 5.41) is 0. The molecule has 1 rings (SSSR count). The quantitative estimate of drug-likeness (QED) is 0.430. The molecule has 0 spiro atoms. The number of hydrogen-bond acceptors (Lipinski definition) is 3. The summed E-state index contributed by atoms with van der Waals surface area (Å²) in [6, 6.07) is 5.58. The van der Waals surface area contributed by atoms with E-state index in [4.69, 9.17) is 9.78 Å². The van der Waals surface area contributed by atoms with E-state index in [1.54, 1.807) is 12.1 Å². The number of unbranched alkanes of at least 4 members (excludes halogenated alkanes) is 2. The average Bonchev–Trinajstić information content (AvgIpc) is 2.27. The van der Waals surface area contributed by atoms with Gasteiger partial charge in [0.15, 0.2) is 0 Å². The van der Waals surface area contributed by atoms with Gasteiger partial charge in [-0.25, -0.2) is 4.79 Å². The van der Waals surface area contributed by atoms with E-state index < -0.39 is 5.97 Å². The van der Waals surface area contributed by atoms with Crippen molar-refractivity contribution in [2.45, 2.75) is 33.1 Å². The van der Waals surface area contributed by atoms with Crippen molar-refractivity contribution in [2.75, 3.05) is 6.61 Å². The minimum atomic E-state index is -0.438. The Morgan fingerprint density at radius 2 is 1.82 bits per heavy atom. The Kier molecular flexibility index (Phi) is 5.70. The minimum absolute atomic E-state index is 0.423. The third-order valence-electron chi connectivity index (χ3n) is 2.32. The number of carbonyl (C=O) groups excluding carboxylic acids is 1. The lowest BCUT2D eigenvalue weighted by molar-refractivity contribution is -0.241. The van der Waals surface area contributed by atoms with Crippen LogP contribution in [0.25, 0.3) is 0 Å². The minimum Gasteiger partial charge on any atom is -0.293 e. The maximum Gasteiger partial charge on any atom is 0.373 e. The molecule has 0 saturated carbocycles. The molecule has 0 aliphatic rings. The highest BCUT2D eigenvalue weighted by atomic mass is 17.2. The summed E-state index contributed by atoms with van der Waals surface area (Å²) in [6.45, 7) is 8.03. The van der Waals surface area contributed by atoms with E-state index in [0.717, 1.165) is 30.4 Å². The molecule has 0 saturated heterocycles. The third kappa shape index (κ3) is 5.00. The zero-order valence-corrected chi connectivity index (χ0v) is 10.5. The SMILES string of the molecule is [CH2]CCCCOOC(=O)c1cc(C)cc(C)c1. The maximum atomic E-state index is 11.6. The van der Waals surface area contributed by atoms with Crippen LogP contribution in [-0.2, 0) is 9.78 Å². The lowest BCUT2D eigenvalue weighted by atomic mass is 10.1. The molecule has 0 atom stereocenters. The Labute approximate surface area is 103 Å². The van der Waals surface area contributed by atoms with Gasteiger partial charge in [0, 0.05) is 0 Å². The molecule has 0 unspecified atom stereocenters. The predicted molar refractivity (Wildman–Crippen MR) is 66.5 cm³/mol. The summed E-state index contributed by atoms with van der Waals surface area (Å²) in [5.41, 5.74) is 2.60. The van der Waals surface area contributed by atoms with Gasteiger partial charge in [0.1, 0.15) is 0 Å². The monoisotopic (exact) mass is 235 g/mol. The van der Waals surface area contributed by atoms with E-state index in [1.807, 2.05) is 19.9 Å². The molecule has 0 aliphatic heterocycles. The molecule has 0 amide bonds. The molecule has 17 heavy (non-hydrogen) atoms. The van der Waals surface area contributed by atoms with Crippen LogP contribution in [0.3, 0.4) is 0 Å². The summed E-state index contributed by atoms with van der Waals surface area (Å²) < 4.78 is 0. The molecule has 0 fully saturated rings. The molecular formula is C14H19O3. The Balaban J connectivity index is 2.41. The van der Waals surface area contributed by atoms with Crippen molar-refractivity contribution >= 4 is 5.97 Å². The fraction of sp³-hybridized carbons (Fsp3) is 0.429. The highest BCUT2D eigenvalue weighted by molar-refractivity contribution is 5.89. The standard InChI is InChI=1S/C14H19O3/c1-4-5-6-7-16-17-14(15)13-9-11(2)8-12(3)10-13/h8-10H,1,4-7H2,2-3H3. The van der Waals surface area contributed by atoms with Crippen molar-refractivity contribution in [2.24, 2.45) is 0 Å². The average molecular weight is 235 g/mol. The topological polar surface area (TPSA) is 35.5 Å². The normalized spacial score (nSPS) is 10.3. The molecule has 0 bridgehead atoms. The van der Waals surface area contributed by atoms with Gasteiger partial charge in [0.25, 0.3) is 0 Å². The fourth-order valence-corrected chi connectivity index (χ4v) is 1.57. The van der Waals surface area contributed by atoms with E-state index in [1.165, 1.54) is 0 Å². The molecular weight excluding hydrogens is 216 g/mol. The fourth-order valence-electron chi connectivity index (χ4n) is 1.57. The summed E-state index contributed by atoms with van der Waals surface area (Å²) >= 11 is 0. The van der Waals surface area contributed by atoms with E-state index in [9.17, 15) is 4.79 Å². The smallest absolute Gasteiger partial charge is 0.293 e. The summed E-state index contributed by atoms with van der Waals surface area (Å²) in [7, 11) is 0. The van der Waals surface area contributed by atoms with Crippen molar-refractivity contribution in [1.29, 1.82) is 0 Å². The number of benzene rings is 1. The number of aryl methyl sites for hydroxylation is 2. The van der Waals surface area contributed by atoms with Gasteiger partial charge in [-0.1, -0.05) is 37.0 Å². The first-order chi connectivity index (χ1) is 8.13. The number of hydrogen-bond donors (Lipinski definition) is 0. The molecule has 1 aromatic carbocycles. The molecule has 1 radical (unpaired) electrons. The Hall–Kier alpha value is -1.35. The summed E-state index contributed by atoms with van der Waals surface area (Å²) in [6.07, 6.45) is 2.69. The highest BCUT2D eigenvalue weighted by Crippen LogP contribution is 2.10. The lowest BCUT2D eigenvalue weighted by Crippen LogP contribution is -2.07. The Bertz CT molecular complexity index is 351. The van der Waals surface area contributed by atoms with Crippen molar-refractivity contribution in [3.05, 3.63) is 41.8 Å². The molecule has 1 aromatic rings. The molecule has 93 valence electrons. The Morgan fingerprint density at radius 3 is 2.41 bits per heavy atom. The van der Waals surface area contributed by atoms with Crippen molar-refractivity contribution < 1.29 is 14.6 Å². The first-order valence-corrected chi connectivity index (χ1v) is 5.85. The van der Waals surface area contributed by atoms with Crippen LogP contribution in [0.2, 0.25) is 0 Å². The predicted octanol–water partition coefficient (Wildman–Crippen LogP) is 3.40. The second-order valence-corrected chi connectivity index (χ2v) is 4.13. The highest BCUT2D eigenvalue weighted by Gasteiger charge is 2.09. The van der Waals surface area contributed by atoms with Gasteiger partial charge in [-0.05, 0) is 32.4 Å². The number of rotatable bonds is 6. The third-order valence-corrected chi connectivity index (χ3v) is 2.32. The van der Waals surface area contributed by atoms with Crippen LogP contribution in [0.1, 0.15) is 40.7 Å². The van der Waals surface area contributed by atoms with Crippen LogP contribution < -0.4 is 0 Å². The van der Waals surface area contributed by atoms with Gasteiger partial charge in [-0.15, -0.1) is 0 Å². The van der Waals surface area contributed by atoms with Crippen LogP contribution in [0.5, 0.6) is 0 Å². The molecule has 3 heteroatoms. The molecule has 3 nitrogen and oxygen atoms in total. The summed E-state index contributed by atoms with van der Waals surface area (Å²) in [4.78, 5) is 21.2.